The molecule has 0 radical (unpaired) electrons. The molecule has 2 aromatic carbocycles. The van der Waals surface area contributed by atoms with Crippen LogP contribution < -0.4 is 14.4 Å². The van der Waals surface area contributed by atoms with E-state index in [1.165, 1.54) is 56.0 Å². The Bertz CT molecular complexity index is 1320. The van der Waals surface area contributed by atoms with Gasteiger partial charge < -0.3 is 15.0 Å². The number of hydrogen-bond donors (Lipinski definition) is 1. The zero-order chi connectivity index (χ0) is 28.7. The van der Waals surface area contributed by atoms with Crippen LogP contribution in [0.2, 0.25) is 0 Å². The molecule has 4 fully saturated rings. The van der Waals surface area contributed by atoms with E-state index in [-0.39, 0.29) is 17.9 Å². The highest BCUT2D eigenvalue weighted by atomic mass is 32.2. The first-order valence-corrected chi connectivity index (χ1v) is 16.1. The molecule has 1 atom stereocenters. The Kier molecular flexibility index (Phi) is 7.88. The van der Waals surface area contributed by atoms with Gasteiger partial charge in [0.1, 0.15) is 18.3 Å². The average Bonchev–Trinajstić information content (AvgIpc) is 2.92. The third-order valence-corrected chi connectivity index (χ3v) is 10.5. The fraction of sp³-hybridized carbons (Fsp3) is 0.548. The predicted molar refractivity (Wildman–Crippen MR) is 156 cm³/mol. The molecule has 0 saturated heterocycles. The molecule has 4 saturated carbocycles. The lowest BCUT2D eigenvalue weighted by molar-refractivity contribution is -0.139. The lowest BCUT2D eigenvalue weighted by Gasteiger charge is -2.57. The molecule has 0 aliphatic heterocycles. The van der Waals surface area contributed by atoms with E-state index in [0.717, 1.165) is 33.9 Å². The minimum Gasteiger partial charge on any atom is -0.497 e. The molecule has 8 nitrogen and oxygen atoms in total. The van der Waals surface area contributed by atoms with E-state index >= 15 is 0 Å². The Morgan fingerprint density at radius 2 is 1.62 bits per heavy atom. The van der Waals surface area contributed by atoms with Gasteiger partial charge in [-0.05, 0) is 104 Å². The second-order valence-corrected chi connectivity index (χ2v) is 14.1. The number of hydrogen-bond acceptors (Lipinski definition) is 5. The van der Waals surface area contributed by atoms with Gasteiger partial charge in [-0.2, -0.15) is 0 Å². The van der Waals surface area contributed by atoms with Crippen molar-refractivity contribution in [2.75, 3.05) is 31.3 Å². The van der Waals surface area contributed by atoms with Gasteiger partial charge in [-0.25, -0.2) is 8.42 Å². The van der Waals surface area contributed by atoms with Gasteiger partial charge in [-0.3, -0.25) is 13.9 Å². The number of nitrogens with one attached hydrogen (secondary N) is 1. The van der Waals surface area contributed by atoms with Gasteiger partial charge in [0.05, 0.1) is 19.1 Å². The maximum Gasteiger partial charge on any atom is 0.244 e. The summed E-state index contributed by atoms with van der Waals surface area (Å²) >= 11 is 0. The van der Waals surface area contributed by atoms with Crippen LogP contribution >= 0.6 is 0 Å². The number of anilines is 1. The first-order valence-electron chi connectivity index (χ1n) is 14.2. The van der Waals surface area contributed by atoms with Crippen molar-refractivity contribution in [2.24, 2.45) is 17.8 Å². The van der Waals surface area contributed by atoms with Crippen molar-refractivity contribution in [1.82, 2.24) is 10.2 Å². The van der Waals surface area contributed by atoms with Crippen LogP contribution in [0.25, 0.3) is 0 Å². The third-order valence-electron chi connectivity index (χ3n) is 9.39. The second-order valence-electron chi connectivity index (χ2n) is 12.2. The summed E-state index contributed by atoms with van der Waals surface area (Å²) < 4.78 is 32.4. The molecular weight excluding hydrogens is 526 g/mol. The fourth-order valence-electron chi connectivity index (χ4n) is 7.82. The molecule has 9 heteroatoms. The van der Waals surface area contributed by atoms with Crippen LogP contribution in [0.1, 0.15) is 56.6 Å². The van der Waals surface area contributed by atoms with E-state index in [9.17, 15) is 18.0 Å². The van der Waals surface area contributed by atoms with Crippen molar-refractivity contribution in [3.8, 4) is 5.75 Å². The van der Waals surface area contributed by atoms with Crippen LogP contribution in [0.3, 0.4) is 0 Å². The summed E-state index contributed by atoms with van der Waals surface area (Å²) in [5, 5.41) is 2.59. The van der Waals surface area contributed by atoms with Crippen LogP contribution in [-0.4, -0.2) is 58.1 Å². The zero-order valence-electron chi connectivity index (χ0n) is 23.9. The van der Waals surface area contributed by atoms with Gasteiger partial charge in [0.2, 0.25) is 21.8 Å². The summed E-state index contributed by atoms with van der Waals surface area (Å²) in [7, 11) is -0.696. The van der Waals surface area contributed by atoms with Gasteiger partial charge in [0.25, 0.3) is 0 Å². The maximum absolute atomic E-state index is 13.7. The van der Waals surface area contributed by atoms with Gasteiger partial charge in [-0.15, -0.1) is 0 Å². The summed E-state index contributed by atoms with van der Waals surface area (Å²) in [6, 6.07) is 14.3. The maximum atomic E-state index is 13.7. The number of sulfonamides is 1. The summed E-state index contributed by atoms with van der Waals surface area (Å²) in [6.07, 6.45) is 8.88. The standard InChI is InChI=1S/C31H41N3O5S/c1-21(30(36)32-2)33(19-22-6-5-7-28(15-22)39-3)29(35)20-34(40(4,37)38)27-10-8-26(9-11-27)31-16-23-12-24(17-31)14-25(13-23)18-31/h5-11,15,21,23-25H,12-14,16-20H2,1-4H3,(H,32,36). The average molecular weight is 568 g/mol. The fourth-order valence-corrected chi connectivity index (χ4v) is 8.67. The lowest BCUT2D eigenvalue weighted by atomic mass is 9.48. The van der Waals surface area contributed by atoms with Crippen LogP contribution in [-0.2, 0) is 31.6 Å². The predicted octanol–water partition coefficient (Wildman–Crippen LogP) is 4.09. The number of ether oxygens (including phenoxy) is 1. The minimum absolute atomic E-state index is 0.132. The molecule has 0 spiro atoms. The monoisotopic (exact) mass is 567 g/mol. The van der Waals surface area contributed by atoms with Crippen molar-refractivity contribution in [3.05, 3.63) is 59.7 Å². The number of likely N-dealkylation sites (N-methyl/N-ethyl adjacent to an activating group) is 1. The van der Waals surface area contributed by atoms with Gasteiger partial charge in [0.15, 0.2) is 0 Å². The summed E-state index contributed by atoms with van der Waals surface area (Å²) in [5.41, 5.74) is 2.73. The molecule has 216 valence electrons. The summed E-state index contributed by atoms with van der Waals surface area (Å²) in [5.74, 6) is 2.28. The number of rotatable bonds is 10. The number of nitrogens with zero attached hydrogens (tertiary/aromatic N) is 2. The normalized spacial score (nSPS) is 25.8. The number of benzene rings is 2. The van der Waals surface area contributed by atoms with Gasteiger partial charge in [-0.1, -0.05) is 24.3 Å². The highest BCUT2D eigenvalue weighted by Crippen LogP contribution is 2.60. The zero-order valence-corrected chi connectivity index (χ0v) is 24.7. The van der Waals surface area contributed by atoms with E-state index < -0.39 is 28.5 Å². The van der Waals surface area contributed by atoms with E-state index in [4.69, 9.17) is 4.74 Å². The van der Waals surface area contributed by atoms with Crippen molar-refractivity contribution in [2.45, 2.75) is 63.5 Å². The smallest absolute Gasteiger partial charge is 0.244 e. The molecule has 1 N–H and O–H groups in total. The molecule has 4 aliphatic rings. The minimum atomic E-state index is -3.77. The van der Waals surface area contributed by atoms with Crippen LogP contribution in [0, 0.1) is 17.8 Å². The number of methoxy groups -OCH3 is 1. The SMILES string of the molecule is CNC(=O)C(C)N(Cc1cccc(OC)c1)C(=O)CN(c1ccc(C23CC4CC(CC(C4)C2)C3)cc1)S(C)(=O)=O. The van der Waals surface area contributed by atoms with Crippen molar-refractivity contribution in [3.63, 3.8) is 0 Å². The Morgan fingerprint density at radius 3 is 2.15 bits per heavy atom. The van der Waals surface area contributed by atoms with Crippen LogP contribution in [0.5, 0.6) is 5.75 Å². The lowest BCUT2D eigenvalue weighted by Crippen LogP contribution is -2.50. The van der Waals surface area contributed by atoms with Gasteiger partial charge in [0, 0.05) is 13.6 Å². The van der Waals surface area contributed by atoms with Crippen molar-refractivity contribution < 1.29 is 22.7 Å². The van der Waals surface area contributed by atoms with E-state index in [1.807, 2.05) is 24.3 Å². The van der Waals surface area contributed by atoms with Crippen molar-refractivity contribution in [1.29, 1.82) is 0 Å². The highest BCUT2D eigenvalue weighted by molar-refractivity contribution is 7.92. The molecule has 4 aliphatic carbocycles. The molecule has 2 aromatic rings. The van der Waals surface area contributed by atoms with Crippen LogP contribution in [0.4, 0.5) is 5.69 Å². The Balaban J connectivity index is 1.39. The molecule has 6 rings (SSSR count). The van der Waals surface area contributed by atoms with E-state index in [0.29, 0.717) is 11.4 Å². The number of carbonyl (C=O) groups is 2. The van der Waals surface area contributed by atoms with E-state index in [2.05, 4.69) is 17.4 Å². The Labute approximate surface area is 238 Å². The first kappa shape index (κ1) is 28.5. The van der Waals surface area contributed by atoms with E-state index in [1.54, 1.807) is 26.2 Å². The second kappa shape index (κ2) is 11.1. The molecule has 1 unspecified atom stereocenters. The third kappa shape index (κ3) is 5.71. The molecule has 4 bridgehead atoms. The molecule has 2 amide bonds. The number of amides is 2. The topological polar surface area (TPSA) is 96.0 Å². The molecular formula is C31H41N3O5S. The summed E-state index contributed by atoms with van der Waals surface area (Å²) in [4.78, 5) is 27.7. The summed E-state index contributed by atoms with van der Waals surface area (Å²) in [6.45, 7) is 1.37. The van der Waals surface area contributed by atoms with Crippen molar-refractivity contribution >= 4 is 27.5 Å². The Hall–Kier alpha value is -3.07. The number of carbonyl (C=O) groups excluding carboxylic acids is 2. The first-order chi connectivity index (χ1) is 19.0. The molecule has 0 aromatic heterocycles. The largest absolute Gasteiger partial charge is 0.497 e. The van der Waals surface area contributed by atoms with Gasteiger partial charge >= 0.3 is 0 Å². The van der Waals surface area contributed by atoms with Crippen LogP contribution in [0.15, 0.2) is 48.5 Å². The molecule has 40 heavy (non-hydrogen) atoms. The quantitative estimate of drug-likeness (QED) is 0.467. The molecule has 0 heterocycles. The Morgan fingerprint density at radius 1 is 1.02 bits per heavy atom. The highest BCUT2D eigenvalue weighted by Gasteiger charge is 2.51.